The van der Waals surface area contributed by atoms with Crippen LogP contribution in [0.15, 0.2) is 48.8 Å². The van der Waals surface area contributed by atoms with Crippen LogP contribution in [0.4, 0.5) is 5.69 Å². The maximum absolute atomic E-state index is 12.4. The van der Waals surface area contributed by atoms with Gasteiger partial charge in [0.25, 0.3) is 0 Å². The molecule has 144 valence electrons. The van der Waals surface area contributed by atoms with E-state index in [1.807, 2.05) is 24.3 Å². The Morgan fingerprint density at radius 2 is 1.86 bits per heavy atom. The zero-order valence-electron chi connectivity index (χ0n) is 14.8. The number of halogens is 2. The summed E-state index contributed by atoms with van der Waals surface area (Å²) in [6.07, 6.45) is 1.66. The predicted octanol–water partition coefficient (Wildman–Crippen LogP) is 2.61. The molecule has 1 N–H and O–H groups in total. The molecule has 2 amide bonds. The number of hydrogen-bond acceptors (Lipinski definition) is 5. The fourth-order valence-corrected chi connectivity index (χ4v) is 2.73. The molecule has 1 heterocycles. The minimum absolute atomic E-state index is 0.0816. The molecular weight excluding hydrogens is 403 g/mol. The summed E-state index contributed by atoms with van der Waals surface area (Å²) in [5.74, 6) is -0.511. The molecule has 0 aliphatic rings. The smallest absolute Gasteiger partial charge is 0.243 e. The van der Waals surface area contributed by atoms with E-state index in [1.165, 1.54) is 15.9 Å². The number of benzene rings is 2. The molecule has 0 fully saturated rings. The van der Waals surface area contributed by atoms with Gasteiger partial charge >= 0.3 is 0 Å². The van der Waals surface area contributed by atoms with E-state index < -0.39 is 0 Å². The highest BCUT2D eigenvalue weighted by atomic mass is 35.5. The molecule has 28 heavy (non-hydrogen) atoms. The molecule has 0 atom stereocenters. The van der Waals surface area contributed by atoms with Gasteiger partial charge in [-0.25, -0.2) is 4.68 Å². The first kappa shape index (κ1) is 19.8. The Labute approximate surface area is 171 Å². The van der Waals surface area contributed by atoms with Gasteiger partial charge in [-0.05, 0) is 46.3 Å². The number of amides is 2. The van der Waals surface area contributed by atoms with Gasteiger partial charge in [-0.15, -0.1) is 5.10 Å². The van der Waals surface area contributed by atoms with Crippen molar-refractivity contribution in [3.63, 3.8) is 0 Å². The maximum Gasteiger partial charge on any atom is 0.243 e. The zero-order valence-corrected chi connectivity index (χ0v) is 16.4. The summed E-state index contributed by atoms with van der Waals surface area (Å²) in [6.45, 7) is -0.0816. The molecule has 0 unspecified atom stereocenters. The standard InChI is InChI=1S/C18H16Cl2N6O2/c1-25(10-17(27)22-13-4-7-15(19)16(20)9-13)18(28)8-12-2-5-14(6-3-12)26-11-21-23-24-26/h2-7,9,11H,8,10H2,1H3,(H,22,27). The molecule has 1 aromatic heterocycles. The largest absolute Gasteiger partial charge is 0.336 e. The normalized spacial score (nSPS) is 10.5. The maximum atomic E-state index is 12.4. The average Bonchev–Trinajstić information content (AvgIpc) is 3.20. The number of tetrazole rings is 1. The van der Waals surface area contributed by atoms with E-state index in [4.69, 9.17) is 23.2 Å². The molecule has 8 nitrogen and oxygen atoms in total. The van der Waals surface area contributed by atoms with Crippen LogP contribution in [0, 0.1) is 0 Å². The summed E-state index contributed by atoms with van der Waals surface area (Å²) >= 11 is 11.8. The number of hydrogen-bond donors (Lipinski definition) is 1. The third-order valence-electron chi connectivity index (χ3n) is 3.92. The number of carbonyl (C=O) groups is 2. The van der Waals surface area contributed by atoms with Crippen LogP contribution >= 0.6 is 23.2 Å². The molecule has 0 aliphatic carbocycles. The molecule has 0 saturated heterocycles. The SMILES string of the molecule is CN(CC(=O)Nc1ccc(Cl)c(Cl)c1)C(=O)Cc1ccc(-n2cnnn2)cc1. The predicted molar refractivity (Wildman–Crippen MR) is 106 cm³/mol. The van der Waals surface area contributed by atoms with Gasteiger partial charge in [0.2, 0.25) is 11.8 Å². The minimum atomic E-state index is -0.330. The summed E-state index contributed by atoms with van der Waals surface area (Å²) in [6, 6.07) is 12.0. The zero-order chi connectivity index (χ0) is 20.1. The molecule has 2 aromatic carbocycles. The Balaban J connectivity index is 1.53. The van der Waals surface area contributed by atoms with Crippen LogP contribution in [0.3, 0.4) is 0 Å². The average molecular weight is 419 g/mol. The van der Waals surface area contributed by atoms with E-state index in [9.17, 15) is 9.59 Å². The number of nitrogens with zero attached hydrogens (tertiary/aromatic N) is 5. The van der Waals surface area contributed by atoms with Gasteiger partial charge in [-0.3, -0.25) is 9.59 Å². The van der Waals surface area contributed by atoms with Crippen molar-refractivity contribution < 1.29 is 9.59 Å². The number of nitrogens with one attached hydrogen (secondary N) is 1. The van der Waals surface area contributed by atoms with Crippen molar-refractivity contribution in [3.8, 4) is 5.69 Å². The topological polar surface area (TPSA) is 93.0 Å². The Morgan fingerprint density at radius 3 is 2.50 bits per heavy atom. The summed E-state index contributed by atoms with van der Waals surface area (Å²) in [5, 5.41) is 14.4. The summed E-state index contributed by atoms with van der Waals surface area (Å²) < 4.78 is 1.52. The van der Waals surface area contributed by atoms with Crippen molar-refractivity contribution in [2.45, 2.75) is 6.42 Å². The number of carbonyl (C=O) groups excluding carboxylic acids is 2. The highest BCUT2D eigenvalue weighted by Gasteiger charge is 2.14. The molecule has 0 aliphatic heterocycles. The number of likely N-dealkylation sites (N-methyl/N-ethyl adjacent to an activating group) is 1. The van der Waals surface area contributed by atoms with Gasteiger partial charge < -0.3 is 10.2 Å². The van der Waals surface area contributed by atoms with Gasteiger partial charge in [-0.1, -0.05) is 35.3 Å². The lowest BCUT2D eigenvalue weighted by molar-refractivity contribution is -0.132. The van der Waals surface area contributed by atoms with Crippen molar-refractivity contribution in [2.24, 2.45) is 0 Å². The molecule has 3 rings (SSSR count). The van der Waals surface area contributed by atoms with Gasteiger partial charge in [-0.2, -0.15) is 0 Å². The van der Waals surface area contributed by atoms with Crippen LogP contribution in [0.1, 0.15) is 5.56 Å². The highest BCUT2D eigenvalue weighted by molar-refractivity contribution is 6.42. The summed E-state index contributed by atoms with van der Waals surface area (Å²) in [7, 11) is 1.58. The highest BCUT2D eigenvalue weighted by Crippen LogP contribution is 2.24. The van der Waals surface area contributed by atoms with E-state index in [1.54, 1.807) is 25.2 Å². The van der Waals surface area contributed by atoms with Gasteiger partial charge in [0, 0.05) is 12.7 Å². The fraction of sp³-hybridized carbons (Fsp3) is 0.167. The lowest BCUT2D eigenvalue weighted by atomic mass is 10.1. The van der Waals surface area contributed by atoms with Crippen molar-refractivity contribution in [2.75, 3.05) is 18.9 Å². The molecule has 3 aromatic rings. The first-order chi connectivity index (χ1) is 13.4. The molecular formula is C18H16Cl2N6O2. The Morgan fingerprint density at radius 1 is 1.11 bits per heavy atom. The van der Waals surface area contributed by atoms with E-state index in [0.29, 0.717) is 15.7 Å². The lowest BCUT2D eigenvalue weighted by Crippen LogP contribution is -2.35. The van der Waals surface area contributed by atoms with E-state index in [0.717, 1.165) is 11.3 Å². The fourth-order valence-electron chi connectivity index (χ4n) is 2.43. The van der Waals surface area contributed by atoms with E-state index in [2.05, 4.69) is 20.8 Å². The molecule has 10 heteroatoms. The molecule has 0 bridgehead atoms. The van der Waals surface area contributed by atoms with Crippen LogP contribution in [-0.2, 0) is 16.0 Å². The number of anilines is 1. The van der Waals surface area contributed by atoms with Crippen LogP contribution in [0.2, 0.25) is 10.0 Å². The van der Waals surface area contributed by atoms with E-state index in [-0.39, 0.29) is 24.8 Å². The second-order valence-corrected chi connectivity index (χ2v) is 6.84. The van der Waals surface area contributed by atoms with Gasteiger partial charge in [0.05, 0.1) is 28.7 Å². The minimum Gasteiger partial charge on any atom is -0.336 e. The molecule has 0 spiro atoms. The first-order valence-corrected chi connectivity index (χ1v) is 8.99. The van der Waals surface area contributed by atoms with Gasteiger partial charge in [0.15, 0.2) is 0 Å². The van der Waals surface area contributed by atoms with Crippen LogP contribution in [0.25, 0.3) is 5.69 Å². The summed E-state index contributed by atoms with van der Waals surface area (Å²) in [4.78, 5) is 25.9. The van der Waals surface area contributed by atoms with Crippen molar-refractivity contribution in [1.29, 1.82) is 0 Å². The summed E-state index contributed by atoms with van der Waals surface area (Å²) in [5.41, 5.74) is 2.12. The Bertz CT molecular complexity index is 976. The van der Waals surface area contributed by atoms with Gasteiger partial charge in [0.1, 0.15) is 6.33 Å². The van der Waals surface area contributed by atoms with Crippen LogP contribution in [0.5, 0.6) is 0 Å². The lowest BCUT2D eigenvalue weighted by Gasteiger charge is -2.17. The van der Waals surface area contributed by atoms with Crippen molar-refractivity contribution in [3.05, 3.63) is 64.4 Å². The quantitative estimate of drug-likeness (QED) is 0.663. The molecule has 0 radical (unpaired) electrons. The van der Waals surface area contributed by atoms with Crippen LogP contribution < -0.4 is 5.32 Å². The Kier molecular flexibility index (Phi) is 6.23. The monoisotopic (exact) mass is 418 g/mol. The second kappa shape index (κ2) is 8.81. The second-order valence-electron chi connectivity index (χ2n) is 6.02. The van der Waals surface area contributed by atoms with Crippen molar-refractivity contribution in [1.82, 2.24) is 25.1 Å². The Hall–Kier alpha value is -2.97. The van der Waals surface area contributed by atoms with E-state index >= 15 is 0 Å². The van der Waals surface area contributed by atoms with Crippen molar-refractivity contribution >= 4 is 40.7 Å². The number of rotatable bonds is 6. The molecule has 0 saturated carbocycles. The van der Waals surface area contributed by atoms with Crippen LogP contribution in [-0.4, -0.2) is 50.5 Å². The number of aromatic nitrogens is 4. The third kappa shape index (κ3) is 5.05. The third-order valence-corrected chi connectivity index (χ3v) is 4.65. The first-order valence-electron chi connectivity index (χ1n) is 8.23.